The van der Waals surface area contributed by atoms with E-state index in [4.69, 9.17) is 14.2 Å². The van der Waals surface area contributed by atoms with Gasteiger partial charge in [0.05, 0.1) is 13.2 Å². The molecule has 1 amide bonds. The number of carbonyl (C=O) groups excluding carboxylic acids is 2. The average molecular weight is 335 g/mol. The standard InChI is InChI=1S/C18H25NO5/c1-18(2,3)24-17(21)19-16(13-7-5-4-6-8-13)14(20)9-10-15-22-11-12-23-15/h4-8,15-16H,9-12H2,1-3H3,(H,19,21)/t16-/m0/s1. The molecule has 6 heteroatoms. The van der Waals surface area contributed by atoms with E-state index in [1.165, 1.54) is 0 Å². The first-order chi connectivity index (χ1) is 11.3. The van der Waals surface area contributed by atoms with E-state index < -0.39 is 17.7 Å². The lowest BCUT2D eigenvalue weighted by Gasteiger charge is -2.23. The number of hydrogen-bond donors (Lipinski definition) is 1. The fraction of sp³-hybridized carbons (Fsp3) is 0.556. The normalized spacial score (nSPS) is 16.6. The van der Waals surface area contributed by atoms with Gasteiger partial charge in [-0.05, 0) is 26.3 Å². The van der Waals surface area contributed by atoms with Gasteiger partial charge in [0.1, 0.15) is 11.6 Å². The van der Waals surface area contributed by atoms with E-state index in [9.17, 15) is 9.59 Å². The van der Waals surface area contributed by atoms with Gasteiger partial charge >= 0.3 is 6.09 Å². The number of carbonyl (C=O) groups is 2. The van der Waals surface area contributed by atoms with E-state index >= 15 is 0 Å². The second kappa shape index (κ2) is 8.26. The number of amides is 1. The van der Waals surface area contributed by atoms with E-state index in [0.717, 1.165) is 5.56 Å². The third-order valence-corrected chi connectivity index (χ3v) is 3.43. The Balaban J connectivity index is 2.02. The molecule has 0 unspecified atom stereocenters. The number of rotatable bonds is 6. The minimum absolute atomic E-state index is 0.105. The Morgan fingerprint density at radius 1 is 1.21 bits per heavy atom. The van der Waals surface area contributed by atoms with Gasteiger partial charge in [-0.1, -0.05) is 30.3 Å². The maximum absolute atomic E-state index is 12.6. The number of benzene rings is 1. The van der Waals surface area contributed by atoms with Crippen molar-refractivity contribution >= 4 is 11.9 Å². The van der Waals surface area contributed by atoms with Crippen molar-refractivity contribution in [3.63, 3.8) is 0 Å². The van der Waals surface area contributed by atoms with Gasteiger partial charge in [-0.15, -0.1) is 0 Å². The smallest absolute Gasteiger partial charge is 0.408 e. The molecule has 1 aromatic carbocycles. The molecule has 24 heavy (non-hydrogen) atoms. The summed E-state index contributed by atoms with van der Waals surface area (Å²) in [5, 5.41) is 2.67. The molecule has 1 aliphatic rings. The molecule has 0 spiro atoms. The lowest BCUT2D eigenvalue weighted by atomic mass is 9.99. The summed E-state index contributed by atoms with van der Waals surface area (Å²) in [6.07, 6.45) is -0.233. The summed E-state index contributed by atoms with van der Waals surface area (Å²) < 4.78 is 16.0. The zero-order valence-electron chi connectivity index (χ0n) is 14.4. The SMILES string of the molecule is CC(C)(C)OC(=O)N[C@H](C(=O)CCC1OCCO1)c1ccccc1. The fourth-order valence-electron chi connectivity index (χ4n) is 2.40. The zero-order chi connectivity index (χ0) is 17.6. The molecule has 0 aliphatic carbocycles. The summed E-state index contributed by atoms with van der Waals surface area (Å²) >= 11 is 0. The van der Waals surface area contributed by atoms with Gasteiger partial charge < -0.3 is 19.5 Å². The Kier molecular flexibility index (Phi) is 6.34. The molecule has 0 aromatic heterocycles. The summed E-state index contributed by atoms with van der Waals surface area (Å²) in [6.45, 7) is 6.44. The first kappa shape index (κ1) is 18.4. The van der Waals surface area contributed by atoms with Crippen LogP contribution < -0.4 is 5.32 Å². The van der Waals surface area contributed by atoms with Crippen molar-refractivity contribution in [3.8, 4) is 0 Å². The minimum Gasteiger partial charge on any atom is -0.444 e. The van der Waals surface area contributed by atoms with Gasteiger partial charge in [0.15, 0.2) is 12.1 Å². The minimum atomic E-state index is -0.748. The first-order valence-electron chi connectivity index (χ1n) is 8.15. The van der Waals surface area contributed by atoms with Crippen LogP contribution in [0.2, 0.25) is 0 Å². The van der Waals surface area contributed by atoms with Crippen LogP contribution in [0.15, 0.2) is 30.3 Å². The first-order valence-corrected chi connectivity index (χ1v) is 8.15. The highest BCUT2D eigenvalue weighted by Crippen LogP contribution is 2.20. The molecule has 1 atom stereocenters. The van der Waals surface area contributed by atoms with Gasteiger partial charge in [-0.3, -0.25) is 4.79 Å². The summed E-state index contributed by atoms with van der Waals surface area (Å²) in [6, 6.07) is 8.39. The predicted octanol–water partition coefficient (Wildman–Crippen LogP) is 2.97. The van der Waals surface area contributed by atoms with Crippen LogP contribution in [0.4, 0.5) is 4.79 Å². The number of nitrogens with one attached hydrogen (secondary N) is 1. The molecule has 0 saturated carbocycles. The van der Waals surface area contributed by atoms with Gasteiger partial charge in [-0.25, -0.2) is 4.79 Å². The maximum Gasteiger partial charge on any atom is 0.408 e. The molecule has 1 heterocycles. The Morgan fingerprint density at radius 3 is 2.42 bits per heavy atom. The van der Waals surface area contributed by atoms with Gasteiger partial charge in [-0.2, -0.15) is 0 Å². The molecule has 1 N–H and O–H groups in total. The molecular weight excluding hydrogens is 310 g/mol. The van der Waals surface area contributed by atoms with Crippen molar-refractivity contribution in [2.45, 2.75) is 51.5 Å². The zero-order valence-corrected chi connectivity index (χ0v) is 14.4. The number of ether oxygens (including phenoxy) is 3. The van der Waals surface area contributed by atoms with Crippen LogP contribution >= 0.6 is 0 Å². The van der Waals surface area contributed by atoms with Crippen LogP contribution in [0.25, 0.3) is 0 Å². The van der Waals surface area contributed by atoms with Crippen molar-refractivity contribution in [2.75, 3.05) is 13.2 Å². The molecule has 0 radical (unpaired) electrons. The number of hydrogen-bond acceptors (Lipinski definition) is 5. The molecule has 2 rings (SSSR count). The van der Waals surface area contributed by atoms with E-state index in [-0.39, 0.29) is 18.5 Å². The van der Waals surface area contributed by atoms with Gasteiger partial charge in [0, 0.05) is 12.8 Å². The third kappa shape index (κ3) is 5.94. The largest absolute Gasteiger partial charge is 0.444 e. The molecule has 0 bridgehead atoms. The number of alkyl carbamates (subject to hydrolysis) is 1. The van der Waals surface area contributed by atoms with Crippen molar-refractivity contribution in [3.05, 3.63) is 35.9 Å². The average Bonchev–Trinajstić information content (AvgIpc) is 3.03. The van der Waals surface area contributed by atoms with Gasteiger partial charge in [0.25, 0.3) is 0 Å². The van der Waals surface area contributed by atoms with Crippen molar-refractivity contribution in [1.29, 1.82) is 0 Å². The topological polar surface area (TPSA) is 73.9 Å². The van der Waals surface area contributed by atoms with Crippen molar-refractivity contribution in [1.82, 2.24) is 5.32 Å². The van der Waals surface area contributed by atoms with E-state index in [2.05, 4.69) is 5.32 Å². The lowest BCUT2D eigenvalue weighted by Crippen LogP contribution is -2.38. The highest BCUT2D eigenvalue weighted by Gasteiger charge is 2.27. The van der Waals surface area contributed by atoms with Crippen molar-refractivity contribution in [2.24, 2.45) is 0 Å². The lowest BCUT2D eigenvalue weighted by molar-refractivity contribution is -0.123. The number of Topliss-reactive ketones (excluding diaryl/α,β-unsaturated/α-hetero) is 1. The quantitative estimate of drug-likeness (QED) is 0.865. The maximum atomic E-state index is 12.6. The van der Waals surface area contributed by atoms with E-state index in [1.54, 1.807) is 20.8 Å². The highest BCUT2D eigenvalue weighted by atomic mass is 16.7. The molecule has 1 fully saturated rings. The molecule has 1 aromatic rings. The van der Waals surface area contributed by atoms with Gasteiger partial charge in [0.2, 0.25) is 0 Å². The Hall–Kier alpha value is -1.92. The summed E-state index contributed by atoms with van der Waals surface area (Å²) in [7, 11) is 0. The van der Waals surface area contributed by atoms with E-state index in [1.807, 2.05) is 30.3 Å². The second-order valence-electron chi connectivity index (χ2n) is 6.67. The molecule has 6 nitrogen and oxygen atoms in total. The third-order valence-electron chi connectivity index (χ3n) is 3.43. The highest BCUT2D eigenvalue weighted by molar-refractivity contribution is 5.88. The van der Waals surface area contributed by atoms with E-state index in [0.29, 0.717) is 19.6 Å². The predicted molar refractivity (Wildman–Crippen MR) is 88.5 cm³/mol. The second-order valence-corrected chi connectivity index (χ2v) is 6.67. The Morgan fingerprint density at radius 2 is 1.83 bits per heavy atom. The Bertz CT molecular complexity index is 546. The molecular formula is C18H25NO5. The molecule has 1 aliphatic heterocycles. The van der Waals surface area contributed by atoms with Crippen LogP contribution in [0, 0.1) is 0 Å². The molecule has 132 valence electrons. The molecule has 1 saturated heterocycles. The van der Waals surface area contributed by atoms with Crippen LogP contribution in [0.1, 0.15) is 45.2 Å². The van der Waals surface area contributed by atoms with Crippen molar-refractivity contribution < 1.29 is 23.8 Å². The van der Waals surface area contributed by atoms with Crippen LogP contribution in [-0.2, 0) is 19.0 Å². The number of ketones is 1. The van der Waals surface area contributed by atoms with Crippen LogP contribution in [-0.4, -0.2) is 37.0 Å². The summed E-state index contributed by atoms with van der Waals surface area (Å²) in [5.41, 5.74) is 0.0986. The fourth-order valence-corrected chi connectivity index (χ4v) is 2.40. The summed E-state index contributed by atoms with van der Waals surface area (Å²) in [5.74, 6) is -0.105. The van der Waals surface area contributed by atoms with Crippen LogP contribution in [0.3, 0.4) is 0 Å². The summed E-state index contributed by atoms with van der Waals surface area (Å²) in [4.78, 5) is 24.7. The monoisotopic (exact) mass is 335 g/mol. The Labute approximate surface area is 142 Å². The van der Waals surface area contributed by atoms with Crippen LogP contribution in [0.5, 0.6) is 0 Å².